The van der Waals surface area contributed by atoms with Crippen molar-refractivity contribution in [1.29, 1.82) is 0 Å². The van der Waals surface area contributed by atoms with E-state index in [0.717, 1.165) is 5.56 Å². The second-order valence-electron chi connectivity index (χ2n) is 7.70. The van der Waals surface area contributed by atoms with E-state index in [1.54, 1.807) is 28.9 Å². The minimum Gasteiger partial charge on any atom is -0.452 e. The van der Waals surface area contributed by atoms with E-state index in [0.29, 0.717) is 42.8 Å². The smallest absolute Gasteiger partial charge is 0.258 e. The first-order valence-electron chi connectivity index (χ1n) is 11.0. The van der Waals surface area contributed by atoms with E-state index in [1.807, 2.05) is 34.6 Å². The zero-order chi connectivity index (χ0) is 23.7. The van der Waals surface area contributed by atoms with Gasteiger partial charge in [0.25, 0.3) is 11.8 Å². The molecule has 32 heavy (non-hydrogen) atoms. The number of aryl methyl sites for hydroxylation is 1. The lowest BCUT2D eigenvalue weighted by Gasteiger charge is -2.23. The fourth-order valence-corrected chi connectivity index (χ4v) is 3.93. The summed E-state index contributed by atoms with van der Waals surface area (Å²) in [7, 11) is 0. The van der Waals surface area contributed by atoms with Gasteiger partial charge in [-0.05, 0) is 53.2 Å². The number of rotatable bonds is 6. The zero-order valence-electron chi connectivity index (χ0n) is 19.5. The number of fused-ring (bicyclic) bond motifs is 2. The Labute approximate surface area is 187 Å². The minimum atomic E-state index is -0.453. The van der Waals surface area contributed by atoms with E-state index in [1.165, 1.54) is 0 Å². The van der Waals surface area contributed by atoms with Crippen LogP contribution in [0.5, 0.6) is 0 Å². The molecule has 1 aromatic rings. The number of nitrogens with zero attached hydrogens (tertiary/aromatic N) is 3. The number of carbonyl (C=O) groups excluding carboxylic acids is 2. The van der Waals surface area contributed by atoms with E-state index < -0.39 is 5.43 Å². The Bertz CT molecular complexity index is 1220. The molecule has 1 aromatic carbocycles. The standard InChI is InChI=1S/C24H30N4O4/c1-7-27(8-2)23(30)15-12-11-13(5)21-18(15)26-19-16(24(31)28(9-3)10-4)17(25)20(29)14(6)22(19)32-21/h11-12H,7-10,25H2,1-6H3. The van der Waals surface area contributed by atoms with Gasteiger partial charge in [-0.1, -0.05) is 6.07 Å². The molecular formula is C24H30N4O4. The van der Waals surface area contributed by atoms with Crippen molar-refractivity contribution in [3.8, 4) is 11.5 Å². The first kappa shape index (κ1) is 23.2. The number of benzene rings is 2. The second-order valence-corrected chi connectivity index (χ2v) is 7.70. The van der Waals surface area contributed by atoms with Crippen LogP contribution in [0.2, 0.25) is 0 Å². The van der Waals surface area contributed by atoms with Gasteiger partial charge in [0, 0.05) is 31.7 Å². The predicted molar refractivity (Wildman–Crippen MR) is 125 cm³/mol. The first-order valence-corrected chi connectivity index (χ1v) is 11.0. The lowest BCUT2D eigenvalue weighted by molar-refractivity contribution is 0.0767. The summed E-state index contributed by atoms with van der Waals surface area (Å²) < 4.78 is 6.16. The lowest BCUT2D eigenvalue weighted by Crippen LogP contribution is -2.33. The molecule has 0 spiro atoms. The maximum absolute atomic E-state index is 13.3. The molecule has 0 radical (unpaired) electrons. The van der Waals surface area contributed by atoms with Crippen LogP contribution in [0.25, 0.3) is 22.6 Å². The number of nitrogen functional groups attached to an aromatic ring is 1. The van der Waals surface area contributed by atoms with Crippen molar-refractivity contribution in [2.75, 3.05) is 31.9 Å². The van der Waals surface area contributed by atoms with Crippen molar-refractivity contribution in [2.24, 2.45) is 0 Å². The highest BCUT2D eigenvalue weighted by molar-refractivity contribution is 6.08. The Hall–Kier alpha value is -3.42. The van der Waals surface area contributed by atoms with Gasteiger partial charge in [-0.3, -0.25) is 14.4 Å². The summed E-state index contributed by atoms with van der Waals surface area (Å²) in [6.07, 6.45) is 0. The maximum atomic E-state index is 13.3. The van der Waals surface area contributed by atoms with Crippen molar-refractivity contribution < 1.29 is 14.0 Å². The number of aromatic nitrogens is 1. The summed E-state index contributed by atoms with van der Waals surface area (Å²) in [6, 6.07) is 3.51. The zero-order valence-corrected chi connectivity index (χ0v) is 19.5. The summed E-state index contributed by atoms with van der Waals surface area (Å²) in [4.78, 5) is 47.3. The number of anilines is 1. The molecule has 2 N–H and O–H groups in total. The number of hydrogen-bond acceptors (Lipinski definition) is 6. The molecule has 1 aliphatic heterocycles. The van der Waals surface area contributed by atoms with Gasteiger partial charge in [0.15, 0.2) is 11.3 Å². The van der Waals surface area contributed by atoms with Crippen LogP contribution in [-0.4, -0.2) is 52.8 Å². The molecule has 0 unspecified atom stereocenters. The van der Waals surface area contributed by atoms with E-state index in [9.17, 15) is 14.4 Å². The van der Waals surface area contributed by atoms with Crippen LogP contribution in [0.1, 0.15) is 59.5 Å². The van der Waals surface area contributed by atoms with E-state index in [-0.39, 0.29) is 40.1 Å². The normalized spacial score (nSPS) is 11.2. The van der Waals surface area contributed by atoms with Gasteiger partial charge in [-0.25, -0.2) is 4.98 Å². The third-order valence-corrected chi connectivity index (χ3v) is 5.95. The van der Waals surface area contributed by atoms with E-state index in [4.69, 9.17) is 15.1 Å². The number of amides is 2. The SMILES string of the molecule is CCN(CC)C(=O)c1c2nc3c(C(=O)N(CC)CC)ccc(C)c3oc-2c(C)c(=O)c1N. The summed E-state index contributed by atoms with van der Waals surface area (Å²) in [5.41, 5.74) is 7.94. The summed E-state index contributed by atoms with van der Waals surface area (Å²) in [6.45, 7) is 13.0. The molecule has 8 heteroatoms. The first-order chi connectivity index (χ1) is 15.2. The summed E-state index contributed by atoms with van der Waals surface area (Å²) >= 11 is 0. The molecule has 0 saturated heterocycles. The monoisotopic (exact) mass is 438 g/mol. The molecule has 1 aliphatic carbocycles. The highest BCUT2D eigenvalue weighted by Crippen LogP contribution is 2.35. The largest absolute Gasteiger partial charge is 0.452 e. The highest BCUT2D eigenvalue weighted by atomic mass is 16.3. The average molecular weight is 439 g/mol. The number of carbonyl (C=O) groups is 2. The van der Waals surface area contributed by atoms with Crippen molar-refractivity contribution in [2.45, 2.75) is 41.5 Å². The van der Waals surface area contributed by atoms with Gasteiger partial charge < -0.3 is 20.0 Å². The average Bonchev–Trinajstić information content (AvgIpc) is 2.79. The predicted octanol–water partition coefficient (Wildman–Crippen LogP) is 3.46. The molecule has 0 atom stereocenters. The molecule has 0 aromatic heterocycles. The topological polar surface area (TPSA) is 110 Å². The Morgan fingerprint density at radius 2 is 1.53 bits per heavy atom. The van der Waals surface area contributed by atoms with Gasteiger partial charge in [-0.15, -0.1) is 0 Å². The van der Waals surface area contributed by atoms with Gasteiger partial charge in [0.1, 0.15) is 11.2 Å². The number of hydrogen-bond donors (Lipinski definition) is 1. The van der Waals surface area contributed by atoms with Crippen LogP contribution in [0.15, 0.2) is 21.3 Å². The highest BCUT2D eigenvalue weighted by Gasteiger charge is 2.30. The molecule has 1 heterocycles. The molecule has 3 rings (SSSR count). The molecule has 2 aliphatic rings. The van der Waals surface area contributed by atoms with Crippen LogP contribution in [0.4, 0.5) is 5.69 Å². The van der Waals surface area contributed by atoms with Crippen molar-refractivity contribution in [1.82, 2.24) is 14.8 Å². The molecule has 170 valence electrons. The van der Waals surface area contributed by atoms with Gasteiger partial charge in [0.05, 0.1) is 16.8 Å². The molecule has 0 bridgehead atoms. The third kappa shape index (κ3) is 3.59. The van der Waals surface area contributed by atoms with Gasteiger partial charge in [0.2, 0.25) is 5.43 Å². The quantitative estimate of drug-likeness (QED) is 0.466. The Kier molecular flexibility index (Phi) is 6.52. The Morgan fingerprint density at radius 3 is 2.09 bits per heavy atom. The van der Waals surface area contributed by atoms with Gasteiger partial charge >= 0.3 is 0 Å². The Morgan fingerprint density at radius 1 is 0.969 bits per heavy atom. The summed E-state index contributed by atoms with van der Waals surface area (Å²) in [5, 5.41) is 0. The maximum Gasteiger partial charge on any atom is 0.258 e. The molecular weight excluding hydrogens is 408 g/mol. The van der Waals surface area contributed by atoms with E-state index >= 15 is 0 Å². The van der Waals surface area contributed by atoms with Crippen LogP contribution < -0.4 is 11.2 Å². The fourth-order valence-electron chi connectivity index (χ4n) is 3.93. The van der Waals surface area contributed by atoms with Crippen molar-refractivity contribution >= 4 is 28.6 Å². The van der Waals surface area contributed by atoms with Crippen molar-refractivity contribution in [3.05, 3.63) is 44.6 Å². The lowest BCUT2D eigenvalue weighted by atomic mass is 9.99. The van der Waals surface area contributed by atoms with Crippen LogP contribution in [-0.2, 0) is 0 Å². The fraction of sp³-hybridized carbons (Fsp3) is 0.417. The number of nitrogens with two attached hydrogens (primary N) is 1. The molecule has 0 saturated carbocycles. The van der Waals surface area contributed by atoms with Crippen molar-refractivity contribution in [3.63, 3.8) is 0 Å². The second kappa shape index (κ2) is 8.98. The van der Waals surface area contributed by atoms with Crippen LogP contribution >= 0.6 is 0 Å². The van der Waals surface area contributed by atoms with E-state index in [2.05, 4.69) is 0 Å². The van der Waals surface area contributed by atoms with Gasteiger partial charge in [-0.2, -0.15) is 0 Å². The van der Waals surface area contributed by atoms with Crippen LogP contribution in [0, 0.1) is 13.8 Å². The third-order valence-electron chi connectivity index (χ3n) is 5.95. The Balaban J connectivity index is 2.46. The van der Waals surface area contributed by atoms with Crippen LogP contribution in [0.3, 0.4) is 0 Å². The molecule has 2 amide bonds. The molecule has 8 nitrogen and oxygen atoms in total. The summed E-state index contributed by atoms with van der Waals surface area (Å²) in [5.74, 6) is -0.354. The minimum absolute atomic E-state index is 0.0210. The molecule has 0 fully saturated rings.